The maximum atomic E-state index is 5.45. The van der Waals surface area contributed by atoms with Gasteiger partial charge in [-0.05, 0) is 57.7 Å². The number of hydrogen-bond acceptors (Lipinski definition) is 3. The van der Waals surface area contributed by atoms with Crippen molar-refractivity contribution >= 4 is 54.4 Å². The van der Waals surface area contributed by atoms with Crippen LogP contribution in [0.2, 0.25) is 0 Å². The van der Waals surface area contributed by atoms with Crippen molar-refractivity contribution in [2.45, 2.75) is 13.3 Å². The van der Waals surface area contributed by atoms with E-state index in [0.29, 0.717) is 12.2 Å². The Bertz CT molecular complexity index is 2850. The third-order valence-corrected chi connectivity index (χ3v) is 10.2. The van der Waals surface area contributed by atoms with Crippen LogP contribution in [-0.2, 0) is 0 Å². The van der Waals surface area contributed by atoms with Crippen molar-refractivity contribution in [2.24, 2.45) is 0 Å². The third-order valence-electron chi connectivity index (χ3n) is 10.2. The second-order valence-corrected chi connectivity index (χ2v) is 13.6. The fraction of sp³-hybridized carbons (Fsp3) is 0.0392. The van der Waals surface area contributed by atoms with E-state index in [0.717, 1.165) is 61.4 Å². The second kappa shape index (κ2) is 14.2. The largest absolute Gasteiger partial charge is 0.246 e. The van der Waals surface area contributed by atoms with Crippen LogP contribution in [0.15, 0.2) is 189 Å². The van der Waals surface area contributed by atoms with Crippen LogP contribution in [0.3, 0.4) is 0 Å². The number of pyridine rings is 1. The van der Waals surface area contributed by atoms with Gasteiger partial charge in [-0.3, -0.25) is 0 Å². The molecule has 0 N–H and O–H groups in total. The van der Waals surface area contributed by atoms with Crippen LogP contribution in [0.1, 0.15) is 24.6 Å². The molecule has 9 rings (SSSR count). The molecule has 9 aromatic rings. The number of allylic oxidation sites excluding steroid dienone is 5. The summed E-state index contributed by atoms with van der Waals surface area (Å²) in [5.74, 6) is 0.703. The zero-order valence-corrected chi connectivity index (χ0v) is 30.1. The van der Waals surface area contributed by atoms with Crippen LogP contribution < -0.4 is 0 Å². The predicted octanol–water partition coefficient (Wildman–Crippen LogP) is 13.5. The number of hydrogen-bond donors (Lipinski definition) is 0. The fourth-order valence-electron chi connectivity index (χ4n) is 7.52. The van der Waals surface area contributed by atoms with E-state index in [1.807, 2.05) is 42.5 Å². The molecule has 54 heavy (non-hydrogen) atoms. The van der Waals surface area contributed by atoms with E-state index in [9.17, 15) is 0 Å². The summed E-state index contributed by atoms with van der Waals surface area (Å²) in [5, 5.41) is 8.46. The van der Waals surface area contributed by atoms with Crippen molar-refractivity contribution in [3.8, 4) is 33.9 Å². The molecule has 3 nitrogen and oxygen atoms in total. The Labute approximate surface area is 315 Å². The highest BCUT2D eigenvalue weighted by Gasteiger charge is 2.16. The minimum absolute atomic E-state index is 0.673. The third kappa shape index (κ3) is 6.06. The molecule has 0 aliphatic rings. The predicted molar refractivity (Wildman–Crippen MR) is 229 cm³/mol. The molecule has 0 bridgehead atoms. The first-order valence-corrected chi connectivity index (χ1v) is 18.4. The van der Waals surface area contributed by atoms with Crippen molar-refractivity contribution in [3.63, 3.8) is 0 Å². The lowest BCUT2D eigenvalue weighted by atomic mass is 9.92. The molecular weight excluding hydrogens is 655 g/mol. The second-order valence-electron chi connectivity index (χ2n) is 13.6. The van der Waals surface area contributed by atoms with Crippen molar-refractivity contribution in [3.05, 3.63) is 200 Å². The zero-order valence-electron chi connectivity index (χ0n) is 30.1. The van der Waals surface area contributed by atoms with Gasteiger partial charge in [0.1, 0.15) is 0 Å². The molecule has 0 spiro atoms. The van der Waals surface area contributed by atoms with E-state index in [4.69, 9.17) is 15.0 Å². The van der Waals surface area contributed by atoms with Crippen molar-refractivity contribution in [1.82, 2.24) is 15.0 Å². The van der Waals surface area contributed by atoms with E-state index < -0.39 is 0 Å². The molecule has 0 unspecified atom stereocenters. The van der Waals surface area contributed by atoms with Gasteiger partial charge < -0.3 is 0 Å². The summed E-state index contributed by atoms with van der Waals surface area (Å²) in [4.78, 5) is 15.5. The molecule has 0 fully saturated rings. The first-order valence-electron chi connectivity index (χ1n) is 18.4. The highest BCUT2D eigenvalue weighted by atomic mass is 14.9. The number of rotatable bonds is 8. The average Bonchev–Trinajstić information content (AvgIpc) is 3.25. The summed E-state index contributed by atoms with van der Waals surface area (Å²) in [6, 6.07) is 57.4. The van der Waals surface area contributed by atoms with Gasteiger partial charge in [0, 0.05) is 32.8 Å². The highest BCUT2D eigenvalue weighted by molar-refractivity contribution is 6.31. The normalized spacial score (nSPS) is 12.2. The van der Waals surface area contributed by atoms with Gasteiger partial charge in [0.25, 0.3) is 0 Å². The van der Waals surface area contributed by atoms with Gasteiger partial charge in [-0.15, -0.1) is 6.58 Å². The van der Waals surface area contributed by atoms with Crippen LogP contribution >= 0.6 is 0 Å². The highest BCUT2D eigenvalue weighted by Crippen LogP contribution is 2.41. The summed E-state index contributed by atoms with van der Waals surface area (Å²) in [6.07, 6.45) is 6.96. The Hall–Kier alpha value is -6.97. The average molecular weight is 692 g/mol. The molecule has 2 aromatic heterocycles. The van der Waals surface area contributed by atoms with Gasteiger partial charge >= 0.3 is 0 Å². The quantitative estimate of drug-likeness (QED) is 0.0904. The zero-order chi connectivity index (χ0) is 36.4. The molecule has 2 heterocycles. The van der Waals surface area contributed by atoms with Gasteiger partial charge in [-0.1, -0.05) is 176 Å². The van der Waals surface area contributed by atoms with Crippen molar-refractivity contribution < 1.29 is 0 Å². The van der Waals surface area contributed by atoms with E-state index >= 15 is 0 Å². The minimum Gasteiger partial charge on any atom is -0.246 e. The maximum absolute atomic E-state index is 5.45. The van der Waals surface area contributed by atoms with Crippen LogP contribution in [0.4, 0.5) is 0 Å². The number of benzene rings is 7. The van der Waals surface area contributed by atoms with Crippen LogP contribution in [-0.4, -0.2) is 15.0 Å². The lowest BCUT2D eigenvalue weighted by Crippen LogP contribution is -1.98. The Morgan fingerprint density at radius 3 is 1.74 bits per heavy atom. The molecule has 0 aliphatic heterocycles. The summed E-state index contributed by atoms with van der Waals surface area (Å²) in [6.45, 7) is 6.23. The van der Waals surface area contributed by atoms with Crippen LogP contribution in [0.25, 0.3) is 88.3 Å². The summed E-state index contributed by atoms with van der Waals surface area (Å²) < 4.78 is 0. The van der Waals surface area contributed by atoms with Crippen LogP contribution in [0, 0.1) is 0 Å². The van der Waals surface area contributed by atoms with Gasteiger partial charge in [-0.25, -0.2) is 15.0 Å². The first kappa shape index (κ1) is 32.9. The molecule has 0 saturated heterocycles. The Morgan fingerprint density at radius 2 is 1.07 bits per heavy atom. The molecule has 256 valence electrons. The Kier molecular flexibility index (Phi) is 8.66. The van der Waals surface area contributed by atoms with Gasteiger partial charge in [0.15, 0.2) is 5.82 Å². The molecule has 0 radical (unpaired) electrons. The van der Waals surface area contributed by atoms with Gasteiger partial charge in [-0.2, -0.15) is 0 Å². The number of fused-ring (bicyclic) bond motifs is 8. The Morgan fingerprint density at radius 1 is 0.519 bits per heavy atom. The smallest absolute Gasteiger partial charge is 0.160 e. The SMILES string of the molecule is C=CC/C(=C\C=C(/C)c1ccc(-c2nc3c4ccccc4c4ccccc4c3c3ccccc23)cc1)c1cc(-c2ccccc2)nc(-c2ccccc2)n1. The van der Waals surface area contributed by atoms with Crippen molar-refractivity contribution in [2.75, 3.05) is 0 Å². The summed E-state index contributed by atoms with van der Waals surface area (Å²) in [7, 11) is 0. The number of nitrogens with zero attached hydrogens (tertiary/aromatic N) is 3. The van der Waals surface area contributed by atoms with Crippen molar-refractivity contribution in [1.29, 1.82) is 0 Å². The molecule has 0 saturated carbocycles. The standard InChI is InChI=1S/C51H37N3/c1-3-16-36(46-33-47(37-17-6-4-7-18-37)53-51(52-46)39-19-8-5-9-20-39)28-27-34(2)35-29-31-38(32-30-35)49-45-26-15-13-24-43(45)48-42-23-12-10-21-40(42)41-22-11-14-25-44(41)50(48)54-49/h3-15,17-33H,1,16H2,2H3/b34-27+,36-28+. The molecule has 0 amide bonds. The Balaban J connectivity index is 1.11. The van der Waals surface area contributed by atoms with E-state index in [1.54, 1.807) is 0 Å². The monoisotopic (exact) mass is 691 g/mol. The minimum atomic E-state index is 0.673. The van der Waals surface area contributed by atoms with Crippen LogP contribution in [0.5, 0.6) is 0 Å². The molecule has 0 aliphatic carbocycles. The molecular formula is C51H37N3. The van der Waals surface area contributed by atoms with E-state index in [1.165, 1.54) is 32.3 Å². The van der Waals surface area contributed by atoms with E-state index in [2.05, 4.69) is 153 Å². The maximum Gasteiger partial charge on any atom is 0.160 e. The lowest BCUT2D eigenvalue weighted by Gasteiger charge is -2.15. The number of aromatic nitrogens is 3. The van der Waals surface area contributed by atoms with Gasteiger partial charge in [0.2, 0.25) is 0 Å². The summed E-state index contributed by atoms with van der Waals surface area (Å²) in [5.41, 5.74) is 10.3. The van der Waals surface area contributed by atoms with Gasteiger partial charge in [0.05, 0.1) is 22.6 Å². The molecule has 7 aromatic carbocycles. The summed E-state index contributed by atoms with van der Waals surface area (Å²) >= 11 is 0. The lowest BCUT2D eigenvalue weighted by molar-refractivity contribution is 1.14. The molecule has 3 heteroatoms. The molecule has 0 atom stereocenters. The fourth-order valence-corrected chi connectivity index (χ4v) is 7.52. The first-order chi connectivity index (χ1) is 26.7. The van der Waals surface area contributed by atoms with E-state index in [-0.39, 0.29) is 0 Å². The topological polar surface area (TPSA) is 38.7 Å².